The number of amides is 1. The minimum atomic E-state index is -0.510. The summed E-state index contributed by atoms with van der Waals surface area (Å²) >= 11 is 0. The van der Waals surface area contributed by atoms with Crippen LogP contribution in [0.4, 0.5) is 10.1 Å². The lowest BCUT2D eigenvalue weighted by Gasteiger charge is -2.25. The number of hydrogen-bond donors (Lipinski definition) is 1. The Morgan fingerprint density at radius 2 is 1.96 bits per heavy atom. The summed E-state index contributed by atoms with van der Waals surface area (Å²) in [6.07, 6.45) is 0. The minimum Gasteiger partial charge on any atom is -0.484 e. The van der Waals surface area contributed by atoms with Crippen molar-refractivity contribution in [1.29, 1.82) is 0 Å². The first kappa shape index (κ1) is 19.3. The standard InChI is InChI=1S/C18H20FN3O4/c1-21(2)17(13-4-3-5-14(19)10-13)11-20-18(23)12-26-16-8-6-15(7-9-16)22(24)25/h3-10,17H,11-12H2,1-2H3,(H,20,23). The van der Waals surface area contributed by atoms with E-state index in [1.165, 1.54) is 36.4 Å². The van der Waals surface area contributed by atoms with Gasteiger partial charge < -0.3 is 15.0 Å². The number of carbonyl (C=O) groups is 1. The van der Waals surface area contributed by atoms with Crippen molar-refractivity contribution < 1.29 is 18.8 Å². The largest absolute Gasteiger partial charge is 0.484 e. The molecule has 2 aromatic carbocycles. The van der Waals surface area contributed by atoms with E-state index in [0.717, 1.165) is 5.56 Å². The lowest BCUT2D eigenvalue weighted by Crippen LogP contribution is -2.36. The summed E-state index contributed by atoms with van der Waals surface area (Å²) in [6, 6.07) is 11.5. The maximum Gasteiger partial charge on any atom is 0.269 e. The number of nitro benzene ring substituents is 1. The number of ether oxygens (including phenoxy) is 1. The van der Waals surface area contributed by atoms with Crippen molar-refractivity contribution in [1.82, 2.24) is 10.2 Å². The van der Waals surface area contributed by atoms with E-state index in [-0.39, 0.29) is 30.1 Å². The highest BCUT2D eigenvalue weighted by atomic mass is 19.1. The average molecular weight is 361 g/mol. The molecule has 1 atom stereocenters. The van der Waals surface area contributed by atoms with Gasteiger partial charge in [-0.3, -0.25) is 14.9 Å². The fraction of sp³-hybridized carbons (Fsp3) is 0.278. The highest BCUT2D eigenvalue weighted by molar-refractivity contribution is 5.77. The average Bonchev–Trinajstić information content (AvgIpc) is 2.60. The predicted octanol–water partition coefficient (Wildman–Crippen LogP) is 2.53. The molecule has 1 amide bonds. The molecule has 138 valence electrons. The number of halogens is 1. The molecule has 0 fully saturated rings. The molecule has 0 aromatic heterocycles. The Morgan fingerprint density at radius 3 is 2.54 bits per heavy atom. The van der Waals surface area contributed by atoms with Crippen molar-refractivity contribution in [2.45, 2.75) is 6.04 Å². The third-order valence-electron chi connectivity index (χ3n) is 3.77. The second kappa shape index (κ2) is 8.91. The van der Waals surface area contributed by atoms with Crippen molar-refractivity contribution in [2.24, 2.45) is 0 Å². The Morgan fingerprint density at radius 1 is 1.27 bits per heavy atom. The topological polar surface area (TPSA) is 84.7 Å². The predicted molar refractivity (Wildman–Crippen MR) is 94.4 cm³/mol. The first-order chi connectivity index (χ1) is 12.4. The Bertz CT molecular complexity index is 765. The molecule has 8 heteroatoms. The number of rotatable bonds is 8. The first-order valence-corrected chi connectivity index (χ1v) is 7.92. The van der Waals surface area contributed by atoms with Gasteiger partial charge in [0.25, 0.3) is 11.6 Å². The van der Waals surface area contributed by atoms with Gasteiger partial charge in [-0.2, -0.15) is 0 Å². The fourth-order valence-corrected chi connectivity index (χ4v) is 2.39. The zero-order chi connectivity index (χ0) is 19.1. The molecule has 0 saturated heterocycles. The van der Waals surface area contributed by atoms with Crippen LogP contribution < -0.4 is 10.1 Å². The number of nitrogens with one attached hydrogen (secondary N) is 1. The van der Waals surface area contributed by atoms with E-state index in [1.807, 2.05) is 19.0 Å². The molecule has 1 unspecified atom stereocenters. The molecule has 0 heterocycles. The van der Waals surface area contributed by atoms with E-state index in [0.29, 0.717) is 12.3 Å². The summed E-state index contributed by atoms with van der Waals surface area (Å²) in [5.74, 6) is -0.311. The maximum absolute atomic E-state index is 13.4. The Kier molecular flexibility index (Phi) is 6.62. The summed E-state index contributed by atoms with van der Waals surface area (Å²) in [6.45, 7) is 0.0695. The SMILES string of the molecule is CN(C)C(CNC(=O)COc1ccc([N+](=O)[O-])cc1)c1cccc(F)c1. The van der Waals surface area contributed by atoms with Crippen LogP contribution in [-0.2, 0) is 4.79 Å². The maximum atomic E-state index is 13.4. The Hall–Kier alpha value is -3.00. The van der Waals surface area contributed by atoms with Gasteiger partial charge in [0.2, 0.25) is 0 Å². The zero-order valence-corrected chi connectivity index (χ0v) is 14.5. The second-order valence-electron chi connectivity index (χ2n) is 5.88. The normalized spacial score (nSPS) is 11.8. The number of non-ortho nitro benzene ring substituents is 1. The summed E-state index contributed by atoms with van der Waals surface area (Å²) in [7, 11) is 3.68. The zero-order valence-electron chi connectivity index (χ0n) is 14.5. The van der Waals surface area contributed by atoms with E-state index in [2.05, 4.69) is 5.32 Å². The molecule has 0 radical (unpaired) electrons. The second-order valence-corrected chi connectivity index (χ2v) is 5.88. The molecule has 26 heavy (non-hydrogen) atoms. The number of likely N-dealkylation sites (N-methyl/N-ethyl adjacent to an activating group) is 1. The van der Waals surface area contributed by atoms with Crippen molar-refractivity contribution in [3.05, 3.63) is 70.0 Å². The van der Waals surface area contributed by atoms with E-state index in [1.54, 1.807) is 12.1 Å². The number of carbonyl (C=O) groups excluding carboxylic acids is 1. The highest BCUT2D eigenvalue weighted by Gasteiger charge is 2.16. The summed E-state index contributed by atoms with van der Waals surface area (Å²) < 4.78 is 18.7. The van der Waals surface area contributed by atoms with E-state index in [9.17, 15) is 19.3 Å². The first-order valence-electron chi connectivity index (χ1n) is 7.92. The van der Waals surface area contributed by atoms with Crippen molar-refractivity contribution in [3.63, 3.8) is 0 Å². The highest BCUT2D eigenvalue weighted by Crippen LogP contribution is 2.19. The van der Waals surface area contributed by atoms with Gasteiger partial charge in [0, 0.05) is 18.7 Å². The van der Waals surface area contributed by atoms with Gasteiger partial charge in [0.15, 0.2) is 6.61 Å². The van der Waals surface area contributed by atoms with Crippen molar-refractivity contribution >= 4 is 11.6 Å². The Balaban J connectivity index is 1.87. The molecule has 0 saturated carbocycles. The van der Waals surface area contributed by atoms with Crippen molar-refractivity contribution in [3.8, 4) is 5.75 Å². The van der Waals surface area contributed by atoms with Crippen LogP contribution in [0.2, 0.25) is 0 Å². The molecular formula is C18H20FN3O4. The summed E-state index contributed by atoms with van der Waals surface area (Å²) in [5.41, 5.74) is 0.706. The molecule has 0 aliphatic rings. The monoisotopic (exact) mass is 361 g/mol. The van der Waals surface area contributed by atoms with Crippen LogP contribution in [0.25, 0.3) is 0 Å². The van der Waals surface area contributed by atoms with Crippen LogP contribution in [0, 0.1) is 15.9 Å². The van der Waals surface area contributed by atoms with Gasteiger partial charge in [0.1, 0.15) is 11.6 Å². The van der Waals surface area contributed by atoms with Gasteiger partial charge in [-0.05, 0) is 43.9 Å². The van der Waals surface area contributed by atoms with Crippen LogP contribution in [0.5, 0.6) is 5.75 Å². The number of nitrogens with zero attached hydrogens (tertiary/aromatic N) is 2. The molecular weight excluding hydrogens is 341 g/mol. The number of benzene rings is 2. The molecule has 2 aromatic rings. The lowest BCUT2D eigenvalue weighted by molar-refractivity contribution is -0.384. The van der Waals surface area contributed by atoms with E-state index in [4.69, 9.17) is 4.74 Å². The van der Waals surface area contributed by atoms with Crippen LogP contribution >= 0.6 is 0 Å². The molecule has 0 aliphatic carbocycles. The molecule has 0 bridgehead atoms. The fourth-order valence-electron chi connectivity index (χ4n) is 2.39. The lowest BCUT2D eigenvalue weighted by atomic mass is 10.1. The molecule has 0 spiro atoms. The smallest absolute Gasteiger partial charge is 0.269 e. The van der Waals surface area contributed by atoms with Gasteiger partial charge >= 0.3 is 0 Å². The van der Waals surface area contributed by atoms with Gasteiger partial charge in [-0.1, -0.05) is 12.1 Å². The van der Waals surface area contributed by atoms with Crippen LogP contribution in [0.3, 0.4) is 0 Å². The third-order valence-corrected chi connectivity index (χ3v) is 3.77. The number of hydrogen-bond acceptors (Lipinski definition) is 5. The quantitative estimate of drug-likeness (QED) is 0.577. The van der Waals surface area contributed by atoms with Gasteiger partial charge in [-0.25, -0.2) is 4.39 Å². The Labute approximate surface area is 150 Å². The summed E-state index contributed by atoms with van der Waals surface area (Å²) in [5, 5.41) is 13.3. The minimum absolute atomic E-state index is 0.0503. The molecule has 2 rings (SSSR count). The van der Waals surface area contributed by atoms with Gasteiger partial charge in [0.05, 0.1) is 11.0 Å². The third kappa shape index (κ3) is 5.52. The number of nitro groups is 1. The molecule has 1 N–H and O–H groups in total. The molecule has 0 aliphatic heterocycles. The van der Waals surface area contributed by atoms with Crippen molar-refractivity contribution in [2.75, 3.05) is 27.2 Å². The van der Waals surface area contributed by atoms with Crippen LogP contribution in [-0.4, -0.2) is 43.0 Å². The van der Waals surface area contributed by atoms with Crippen LogP contribution in [0.1, 0.15) is 11.6 Å². The van der Waals surface area contributed by atoms with E-state index >= 15 is 0 Å². The van der Waals surface area contributed by atoms with E-state index < -0.39 is 4.92 Å². The summed E-state index contributed by atoms with van der Waals surface area (Å²) in [4.78, 5) is 23.9. The molecule has 7 nitrogen and oxygen atoms in total. The van der Waals surface area contributed by atoms with Crippen LogP contribution in [0.15, 0.2) is 48.5 Å². The van der Waals surface area contributed by atoms with Gasteiger partial charge in [-0.15, -0.1) is 0 Å².